The van der Waals surface area contributed by atoms with Crippen LogP contribution in [0, 0.1) is 11.6 Å². The number of aromatic nitrogens is 1. The van der Waals surface area contributed by atoms with Crippen molar-refractivity contribution in [2.75, 3.05) is 5.32 Å². The monoisotopic (exact) mass is 311 g/mol. The first-order valence-electron chi connectivity index (χ1n) is 5.90. The lowest BCUT2D eigenvalue weighted by Crippen LogP contribution is -2.23. The molecule has 0 saturated carbocycles. The Kier molecular flexibility index (Phi) is 4.59. The predicted molar refractivity (Wildman–Crippen MR) is 73.9 cm³/mol. The van der Waals surface area contributed by atoms with Crippen LogP contribution in [0.1, 0.15) is 23.0 Å². The van der Waals surface area contributed by atoms with Crippen LogP contribution in [0.3, 0.4) is 0 Å². The van der Waals surface area contributed by atoms with Crippen LogP contribution in [0.25, 0.3) is 0 Å². The molecule has 1 aromatic heterocycles. The van der Waals surface area contributed by atoms with Gasteiger partial charge in [-0.15, -0.1) is 11.3 Å². The fraction of sp³-hybridized carbons (Fsp3) is 0.154. The lowest BCUT2D eigenvalue weighted by Gasteiger charge is -2.04. The molecule has 0 bridgehead atoms. The molecule has 0 unspecified atom stereocenters. The molecule has 110 valence electrons. The van der Waals surface area contributed by atoms with E-state index in [-0.39, 0.29) is 18.1 Å². The number of benzene rings is 1. The van der Waals surface area contributed by atoms with Gasteiger partial charge < -0.3 is 10.6 Å². The topological polar surface area (TPSA) is 71.1 Å². The minimum atomic E-state index is -0.708. The number of carbonyl (C=O) groups excluding carboxylic acids is 2. The van der Waals surface area contributed by atoms with E-state index in [1.807, 2.05) is 0 Å². The Hall–Kier alpha value is -2.35. The molecule has 0 atom stereocenters. The lowest BCUT2D eigenvalue weighted by atomic mass is 10.2. The van der Waals surface area contributed by atoms with E-state index < -0.39 is 17.5 Å². The highest BCUT2D eigenvalue weighted by atomic mass is 32.1. The Morgan fingerprint density at radius 1 is 1.24 bits per heavy atom. The van der Waals surface area contributed by atoms with Crippen LogP contribution in [-0.2, 0) is 11.3 Å². The molecule has 0 aliphatic heterocycles. The van der Waals surface area contributed by atoms with Crippen molar-refractivity contribution >= 4 is 28.3 Å². The molecular weight excluding hydrogens is 300 g/mol. The standard InChI is InChI=1S/C13H11F2N3O2S/c1-7(19)17-13-18-11(6-21-13)12(20)16-5-8-2-9(14)4-10(15)3-8/h2-4,6H,5H2,1H3,(H,16,20)(H,17,18,19). The quantitative estimate of drug-likeness (QED) is 0.910. The molecule has 2 amide bonds. The van der Waals surface area contributed by atoms with Gasteiger partial charge in [-0.25, -0.2) is 13.8 Å². The molecule has 21 heavy (non-hydrogen) atoms. The van der Waals surface area contributed by atoms with Crippen molar-refractivity contribution < 1.29 is 18.4 Å². The summed E-state index contributed by atoms with van der Waals surface area (Å²) >= 11 is 1.11. The van der Waals surface area contributed by atoms with Crippen LogP contribution in [-0.4, -0.2) is 16.8 Å². The average Bonchev–Trinajstić information content (AvgIpc) is 2.82. The molecule has 1 heterocycles. The van der Waals surface area contributed by atoms with E-state index in [0.717, 1.165) is 29.5 Å². The summed E-state index contributed by atoms with van der Waals surface area (Å²) in [6.45, 7) is 1.31. The first kappa shape index (κ1) is 15.0. The van der Waals surface area contributed by atoms with Crippen LogP contribution in [0.2, 0.25) is 0 Å². The molecule has 0 spiro atoms. The Bertz CT molecular complexity index is 668. The van der Waals surface area contributed by atoms with Crippen molar-refractivity contribution in [1.29, 1.82) is 0 Å². The van der Waals surface area contributed by atoms with Gasteiger partial charge >= 0.3 is 0 Å². The number of amides is 2. The van der Waals surface area contributed by atoms with Gasteiger partial charge in [0.15, 0.2) is 5.13 Å². The summed E-state index contributed by atoms with van der Waals surface area (Å²) in [7, 11) is 0. The smallest absolute Gasteiger partial charge is 0.271 e. The summed E-state index contributed by atoms with van der Waals surface area (Å²) in [6.07, 6.45) is 0. The molecule has 8 heteroatoms. The maximum Gasteiger partial charge on any atom is 0.271 e. The molecule has 1 aromatic carbocycles. The lowest BCUT2D eigenvalue weighted by molar-refractivity contribution is -0.114. The Morgan fingerprint density at radius 2 is 1.90 bits per heavy atom. The largest absolute Gasteiger partial charge is 0.347 e. The Morgan fingerprint density at radius 3 is 2.52 bits per heavy atom. The molecule has 0 saturated heterocycles. The maximum absolute atomic E-state index is 13.0. The molecule has 2 N–H and O–H groups in total. The second kappa shape index (κ2) is 6.40. The third kappa shape index (κ3) is 4.32. The number of rotatable bonds is 4. The van der Waals surface area contributed by atoms with Gasteiger partial charge in [-0.2, -0.15) is 0 Å². The molecule has 2 aromatic rings. The normalized spacial score (nSPS) is 10.2. The molecule has 0 radical (unpaired) electrons. The van der Waals surface area contributed by atoms with Gasteiger partial charge in [0, 0.05) is 24.9 Å². The average molecular weight is 311 g/mol. The second-order valence-corrected chi connectivity index (χ2v) is 5.04. The number of carbonyl (C=O) groups is 2. The number of anilines is 1. The zero-order valence-corrected chi connectivity index (χ0v) is 11.8. The molecule has 0 aliphatic rings. The van der Waals surface area contributed by atoms with Crippen molar-refractivity contribution in [2.24, 2.45) is 0 Å². The molecule has 0 aliphatic carbocycles. The van der Waals surface area contributed by atoms with Crippen LogP contribution >= 0.6 is 11.3 Å². The first-order chi connectivity index (χ1) is 9.94. The van der Waals surface area contributed by atoms with Crippen molar-refractivity contribution in [3.63, 3.8) is 0 Å². The summed E-state index contributed by atoms with van der Waals surface area (Å²) in [5.74, 6) is -2.19. The van der Waals surface area contributed by atoms with Gasteiger partial charge in [0.1, 0.15) is 17.3 Å². The van der Waals surface area contributed by atoms with Crippen molar-refractivity contribution in [2.45, 2.75) is 13.5 Å². The number of nitrogens with one attached hydrogen (secondary N) is 2. The van der Waals surface area contributed by atoms with Gasteiger partial charge in [0.2, 0.25) is 5.91 Å². The van der Waals surface area contributed by atoms with E-state index in [1.165, 1.54) is 12.3 Å². The van der Waals surface area contributed by atoms with E-state index in [0.29, 0.717) is 10.7 Å². The Balaban J connectivity index is 1.98. The summed E-state index contributed by atoms with van der Waals surface area (Å²) in [5.41, 5.74) is 0.429. The van der Waals surface area contributed by atoms with Crippen LogP contribution < -0.4 is 10.6 Å². The highest BCUT2D eigenvalue weighted by molar-refractivity contribution is 7.14. The van der Waals surface area contributed by atoms with Gasteiger partial charge in [-0.3, -0.25) is 9.59 Å². The third-order valence-electron chi connectivity index (χ3n) is 2.40. The zero-order chi connectivity index (χ0) is 15.4. The van der Waals surface area contributed by atoms with E-state index in [9.17, 15) is 18.4 Å². The summed E-state index contributed by atoms with van der Waals surface area (Å²) < 4.78 is 26.0. The molecular formula is C13H11F2N3O2S. The van der Waals surface area contributed by atoms with Crippen molar-refractivity contribution in [1.82, 2.24) is 10.3 Å². The van der Waals surface area contributed by atoms with Crippen LogP contribution in [0.5, 0.6) is 0 Å². The number of hydrogen-bond donors (Lipinski definition) is 2. The summed E-state index contributed by atoms with van der Waals surface area (Å²) in [5, 5.41) is 6.74. The highest BCUT2D eigenvalue weighted by Gasteiger charge is 2.11. The van der Waals surface area contributed by atoms with Gasteiger partial charge in [0.25, 0.3) is 5.91 Å². The molecule has 2 rings (SSSR count). The minimum Gasteiger partial charge on any atom is -0.347 e. The summed E-state index contributed by atoms with van der Waals surface area (Å²) in [6, 6.07) is 3.02. The van der Waals surface area contributed by atoms with E-state index in [4.69, 9.17) is 0 Å². The Labute approximate surface area is 123 Å². The second-order valence-electron chi connectivity index (χ2n) is 4.18. The SMILES string of the molecule is CC(=O)Nc1nc(C(=O)NCc2cc(F)cc(F)c2)cs1. The van der Waals surface area contributed by atoms with Crippen LogP contribution in [0.15, 0.2) is 23.6 Å². The fourth-order valence-electron chi connectivity index (χ4n) is 1.57. The van der Waals surface area contributed by atoms with Gasteiger partial charge in [-0.05, 0) is 17.7 Å². The van der Waals surface area contributed by atoms with Crippen molar-refractivity contribution in [3.05, 3.63) is 46.5 Å². The number of halogens is 2. The van der Waals surface area contributed by atoms with Crippen molar-refractivity contribution in [3.8, 4) is 0 Å². The van der Waals surface area contributed by atoms with Gasteiger partial charge in [-0.1, -0.05) is 0 Å². The molecule has 5 nitrogen and oxygen atoms in total. The zero-order valence-electron chi connectivity index (χ0n) is 10.9. The summed E-state index contributed by atoms with van der Waals surface area (Å²) in [4.78, 5) is 26.6. The number of hydrogen-bond acceptors (Lipinski definition) is 4. The van der Waals surface area contributed by atoms with Gasteiger partial charge in [0.05, 0.1) is 0 Å². The predicted octanol–water partition coefficient (Wildman–Crippen LogP) is 2.31. The third-order valence-corrected chi connectivity index (χ3v) is 3.15. The maximum atomic E-state index is 13.0. The van der Waals surface area contributed by atoms with Crippen LogP contribution in [0.4, 0.5) is 13.9 Å². The van der Waals surface area contributed by atoms with E-state index >= 15 is 0 Å². The van der Waals surface area contributed by atoms with E-state index in [2.05, 4.69) is 15.6 Å². The molecule has 0 fully saturated rings. The fourth-order valence-corrected chi connectivity index (χ4v) is 2.31. The first-order valence-corrected chi connectivity index (χ1v) is 6.78. The highest BCUT2D eigenvalue weighted by Crippen LogP contribution is 2.15. The van der Waals surface area contributed by atoms with E-state index in [1.54, 1.807) is 0 Å². The number of thiazole rings is 1. The number of nitrogens with zero attached hydrogens (tertiary/aromatic N) is 1. The minimum absolute atomic E-state index is 0.0273.